The van der Waals surface area contributed by atoms with Gasteiger partial charge in [0, 0.05) is 35.3 Å². The molecular weight excluding hydrogens is 692 g/mol. The molecule has 0 atom stereocenters. The summed E-state index contributed by atoms with van der Waals surface area (Å²) in [5.41, 5.74) is 10.7. The summed E-state index contributed by atoms with van der Waals surface area (Å²) < 4.78 is 33.2. The number of non-ortho nitro benzene ring substituents is 2. The first-order valence-electron chi connectivity index (χ1n) is 12.7. The second-order valence-corrected chi connectivity index (χ2v) is 10.6. The second-order valence-electron chi connectivity index (χ2n) is 9.21. The first kappa shape index (κ1) is 36.3. The molecule has 0 spiro atoms. The Kier molecular flexibility index (Phi) is 11.3. The Hall–Kier alpha value is -6.20. The summed E-state index contributed by atoms with van der Waals surface area (Å²) in [6.07, 6.45) is 0. The van der Waals surface area contributed by atoms with Crippen LogP contribution >= 0.6 is 0 Å². The Morgan fingerprint density at radius 2 is 1.19 bits per heavy atom. The van der Waals surface area contributed by atoms with Gasteiger partial charge >= 0.3 is 18.8 Å². The maximum absolute atomic E-state index is 12.0. The molecule has 20 heteroatoms. The minimum absolute atomic E-state index is 0. The largest absolute Gasteiger partial charge is 3.00 e. The molecule has 18 nitrogen and oxygen atoms in total. The van der Waals surface area contributed by atoms with Crippen LogP contribution in [0.25, 0.3) is 16.5 Å². The number of benzene rings is 5. The maximum Gasteiger partial charge on any atom is 3.00 e. The van der Waals surface area contributed by atoms with Crippen LogP contribution in [0.3, 0.4) is 0 Å². The minimum Gasteiger partial charge on any atom is -0.871 e. The molecular formula is C28H18CrN8O10S-. The molecule has 3 N–H and O–H groups in total. The molecule has 0 aromatic heterocycles. The molecule has 0 saturated carbocycles. The van der Waals surface area contributed by atoms with E-state index in [-0.39, 0.29) is 58.7 Å². The third-order valence-electron chi connectivity index (χ3n) is 6.09. The van der Waals surface area contributed by atoms with E-state index >= 15 is 0 Å². The van der Waals surface area contributed by atoms with Crippen molar-refractivity contribution < 1.29 is 56.9 Å². The van der Waals surface area contributed by atoms with E-state index in [1.165, 1.54) is 6.07 Å². The molecule has 5 aromatic carbocycles. The number of nitro groups is 2. The van der Waals surface area contributed by atoms with Crippen LogP contribution in [0, 0.1) is 20.2 Å². The van der Waals surface area contributed by atoms with Gasteiger partial charge in [0.2, 0.25) is 0 Å². The number of nitrogens with one attached hydrogen (secondary N) is 1. The Labute approximate surface area is 282 Å². The Morgan fingerprint density at radius 1 is 0.688 bits per heavy atom. The van der Waals surface area contributed by atoms with Crippen molar-refractivity contribution >= 4 is 66.4 Å². The van der Waals surface area contributed by atoms with Gasteiger partial charge in [0.25, 0.3) is 11.4 Å². The average Bonchev–Trinajstić information content (AvgIpc) is 3.01. The number of hydrogen-bond acceptors (Lipinski definition) is 15. The molecule has 1 radical (unpaired) electrons. The third kappa shape index (κ3) is 8.53. The fourth-order valence-electron chi connectivity index (χ4n) is 3.83. The summed E-state index contributed by atoms with van der Waals surface area (Å²) in [5.74, 6) is -1.51. The van der Waals surface area contributed by atoms with Gasteiger partial charge in [-0.1, -0.05) is 71.8 Å². The van der Waals surface area contributed by atoms with Gasteiger partial charge in [0.15, 0.2) is 0 Å². The number of rotatable bonds is 7. The number of hydrogen-bond donors (Lipinski definition) is 1. The number of anilines is 1. The number of nitrogens with zero attached hydrogens (tertiary/aromatic N) is 6. The van der Waals surface area contributed by atoms with Crippen molar-refractivity contribution in [2.75, 3.05) is 5.73 Å². The average molecular weight is 711 g/mol. The second kappa shape index (κ2) is 14.9. The van der Waals surface area contributed by atoms with Crippen LogP contribution in [0.5, 0.6) is 17.2 Å². The fourth-order valence-corrected chi connectivity index (χ4v) is 4.43. The quantitative estimate of drug-likeness (QED) is 0.0704. The van der Waals surface area contributed by atoms with Gasteiger partial charge in [-0.15, -0.1) is 5.69 Å². The van der Waals surface area contributed by atoms with Crippen molar-refractivity contribution in [2.24, 2.45) is 20.5 Å². The first-order chi connectivity index (χ1) is 22.1. The van der Waals surface area contributed by atoms with Crippen LogP contribution < -0.4 is 21.1 Å². The van der Waals surface area contributed by atoms with Crippen molar-refractivity contribution in [2.45, 2.75) is 4.90 Å². The Morgan fingerprint density at radius 3 is 1.73 bits per heavy atom. The van der Waals surface area contributed by atoms with E-state index in [1.54, 1.807) is 18.2 Å². The van der Waals surface area contributed by atoms with Crippen LogP contribution in [0.4, 0.5) is 45.5 Å². The molecule has 0 aliphatic rings. The van der Waals surface area contributed by atoms with E-state index in [9.17, 15) is 48.5 Å². The number of azo groups is 2. The van der Waals surface area contributed by atoms with Gasteiger partial charge in [-0.25, -0.2) is 8.42 Å². The summed E-state index contributed by atoms with van der Waals surface area (Å²) in [6, 6.07) is 17.7. The standard InChI is InChI=1S/C16H11N3O4.C12H10N5O6S.Cr/c20-14-8-6-11(19(22)23)9-13(14)17-18-16-12-4-2-1-3-10(12)5-7-15(16)21;13-7-4-8(14)12(24(21,22)23)5-9(7)15-16-10-3-6(17(19)20)1-2-11(10)18;/h1-9,20-21H;1-5H,(H5-,13,14,15,16,18,21,22,23);/q;-1;+3/p-3. The Balaban J connectivity index is 0.000000327. The van der Waals surface area contributed by atoms with E-state index in [2.05, 4.69) is 20.5 Å². The van der Waals surface area contributed by atoms with E-state index in [0.717, 1.165) is 53.9 Å². The van der Waals surface area contributed by atoms with Gasteiger partial charge in [-0.3, -0.25) is 20.2 Å². The molecule has 0 amide bonds. The van der Waals surface area contributed by atoms with Crippen molar-refractivity contribution in [3.63, 3.8) is 0 Å². The summed E-state index contributed by atoms with van der Waals surface area (Å²) >= 11 is 0. The van der Waals surface area contributed by atoms with E-state index in [1.807, 2.05) is 12.1 Å². The van der Waals surface area contributed by atoms with Gasteiger partial charge in [-0.05, 0) is 11.5 Å². The van der Waals surface area contributed by atoms with Gasteiger partial charge in [0.05, 0.1) is 37.5 Å². The van der Waals surface area contributed by atoms with Crippen molar-refractivity contribution in [3.8, 4) is 17.2 Å². The third-order valence-corrected chi connectivity index (χ3v) is 6.98. The zero-order valence-electron chi connectivity index (χ0n) is 24.7. The molecule has 0 bridgehead atoms. The van der Waals surface area contributed by atoms with Crippen molar-refractivity contribution in [1.82, 2.24) is 0 Å². The summed E-state index contributed by atoms with van der Waals surface area (Å²) in [4.78, 5) is 19.3. The molecule has 0 saturated heterocycles. The predicted molar refractivity (Wildman–Crippen MR) is 161 cm³/mol. The summed E-state index contributed by atoms with van der Waals surface area (Å²) in [6.45, 7) is 0. The van der Waals surface area contributed by atoms with Gasteiger partial charge < -0.3 is 31.3 Å². The van der Waals surface area contributed by atoms with E-state index in [0.29, 0.717) is 5.39 Å². The van der Waals surface area contributed by atoms with Gasteiger partial charge in [-0.2, -0.15) is 20.5 Å². The summed E-state index contributed by atoms with van der Waals surface area (Å²) in [7, 11) is -4.89. The van der Waals surface area contributed by atoms with Gasteiger partial charge in [0.1, 0.15) is 10.1 Å². The van der Waals surface area contributed by atoms with E-state index in [4.69, 9.17) is 11.5 Å². The molecule has 0 aliphatic carbocycles. The smallest absolute Gasteiger partial charge is 0.871 e. The fraction of sp³-hybridized carbons (Fsp3) is 0. The minimum atomic E-state index is -4.89. The molecule has 5 aromatic rings. The SMILES string of the molecule is O=[N+]([O-])c1ccc([O-])c(N=Nc2c([O-])ccc3ccccc23)c1.[Cr+3].[H+].[NH-]c1cc(N)c(S(=O)(=O)[O-])cc1N=Nc1cc([N+](=O)[O-])ccc1[O-]. The van der Waals surface area contributed by atoms with E-state index < -0.39 is 47.7 Å². The van der Waals surface area contributed by atoms with Crippen LogP contribution in [-0.4, -0.2) is 22.8 Å². The normalized spacial score (nSPS) is 11.2. The van der Waals surface area contributed by atoms with Crippen LogP contribution in [-0.2, 0) is 27.5 Å². The van der Waals surface area contributed by atoms with Crippen LogP contribution in [0.2, 0.25) is 0 Å². The van der Waals surface area contributed by atoms with Crippen LogP contribution in [0.15, 0.2) is 110 Å². The number of nitro benzene ring substituents is 2. The molecule has 0 aliphatic heterocycles. The Bertz CT molecular complexity index is 2220. The van der Waals surface area contributed by atoms with Crippen molar-refractivity contribution in [3.05, 3.63) is 111 Å². The molecule has 0 fully saturated rings. The monoisotopic (exact) mass is 710 g/mol. The zero-order chi connectivity index (χ0) is 34.5. The molecule has 0 unspecified atom stereocenters. The van der Waals surface area contributed by atoms with Crippen LogP contribution in [0.1, 0.15) is 1.43 Å². The summed E-state index contributed by atoms with van der Waals surface area (Å²) in [5, 5.41) is 72.7. The van der Waals surface area contributed by atoms with Crippen molar-refractivity contribution in [1.29, 1.82) is 0 Å². The molecule has 48 heavy (non-hydrogen) atoms. The number of nitrogen functional groups attached to an aromatic ring is 1. The predicted octanol–water partition coefficient (Wildman–Crippen LogP) is 5.67. The zero-order valence-corrected chi connectivity index (χ0v) is 25.8. The molecule has 0 heterocycles. The topological polar surface area (TPSA) is 312 Å². The maximum atomic E-state index is 12.0. The number of fused-ring (bicyclic) bond motifs is 1. The number of nitrogens with two attached hydrogens (primary N) is 1. The molecule has 243 valence electrons. The molecule has 5 rings (SSSR count). The first-order valence-corrected chi connectivity index (χ1v) is 14.1.